The number of carboxylic acids is 1. The van der Waals surface area contributed by atoms with Gasteiger partial charge in [0, 0.05) is 11.3 Å². The van der Waals surface area contributed by atoms with E-state index < -0.39 is 15.8 Å². The quantitative estimate of drug-likeness (QED) is 0.833. The second-order valence-electron chi connectivity index (χ2n) is 3.48. The van der Waals surface area contributed by atoms with Crippen LogP contribution in [0.5, 0.6) is 0 Å². The van der Waals surface area contributed by atoms with Crippen LogP contribution in [0.1, 0.15) is 27.8 Å². The Morgan fingerprint density at radius 1 is 1.60 bits per heavy atom. The van der Waals surface area contributed by atoms with E-state index in [1.807, 2.05) is 0 Å². The summed E-state index contributed by atoms with van der Waals surface area (Å²) in [6, 6.07) is 0. The monoisotopic (exact) mass is 247 g/mol. The SMILES string of the molecule is O=C(O)c1csc(C2CCS(=O)(=O)C2)n1. The normalized spacial score (nSPS) is 24.1. The van der Waals surface area contributed by atoms with Crippen LogP contribution < -0.4 is 0 Å². The van der Waals surface area contributed by atoms with Gasteiger partial charge < -0.3 is 5.11 Å². The fraction of sp³-hybridized carbons (Fsp3) is 0.500. The maximum absolute atomic E-state index is 11.2. The first-order valence-corrected chi connectivity index (χ1v) is 7.07. The molecule has 0 aromatic carbocycles. The summed E-state index contributed by atoms with van der Waals surface area (Å²) in [5, 5.41) is 10.7. The Hall–Kier alpha value is -0.950. The highest BCUT2D eigenvalue weighted by atomic mass is 32.2. The number of hydrogen-bond acceptors (Lipinski definition) is 5. The van der Waals surface area contributed by atoms with Crippen LogP contribution in [0, 0.1) is 0 Å². The zero-order valence-corrected chi connectivity index (χ0v) is 9.34. The van der Waals surface area contributed by atoms with Gasteiger partial charge in [0.2, 0.25) is 0 Å². The minimum atomic E-state index is -2.94. The van der Waals surface area contributed by atoms with E-state index in [1.54, 1.807) is 0 Å². The number of carbonyl (C=O) groups is 1. The Kier molecular flexibility index (Phi) is 2.51. The van der Waals surface area contributed by atoms with Gasteiger partial charge in [0.15, 0.2) is 15.5 Å². The number of aromatic nitrogens is 1. The van der Waals surface area contributed by atoms with Crippen molar-refractivity contribution >= 4 is 27.1 Å². The van der Waals surface area contributed by atoms with Crippen molar-refractivity contribution in [2.75, 3.05) is 11.5 Å². The number of carboxylic acid groups (broad SMARTS) is 1. The van der Waals surface area contributed by atoms with Gasteiger partial charge in [-0.25, -0.2) is 18.2 Å². The molecule has 0 bridgehead atoms. The first kappa shape index (κ1) is 10.6. The van der Waals surface area contributed by atoms with Crippen LogP contribution in [0.3, 0.4) is 0 Å². The minimum Gasteiger partial charge on any atom is -0.476 e. The first-order chi connectivity index (χ1) is 6.98. The highest BCUT2D eigenvalue weighted by Gasteiger charge is 2.31. The predicted octanol–water partition coefficient (Wildman–Crippen LogP) is 0.743. The molecule has 1 aliphatic rings. The molecule has 7 heteroatoms. The third kappa shape index (κ3) is 2.18. The van der Waals surface area contributed by atoms with Crippen LogP contribution in [-0.2, 0) is 9.84 Å². The van der Waals surface area contributed by atoms with Crippen LogP contribution in [-0.4, -0.2) is 36.0 Å². The fourth-order valence-corrected chi connectivity index (χ4v) is 4.35. The van der Waals surface area contributed by atoms with Gasteiger partial charge in [-0.15, -0.1) is 11.3 Å². The Balaban J connectivity index is 2.21. The highest BCUT2D eigenvalue weighted by molar-refractivity contribution is 7.91. The molecule has 1 saturated heterocycles. The van der Waals surface area contributed by atoms with Gasteiger partial charge in [0.1, 0.15) is 0 Å². The maximum atomic E-state index is 11.2. The van der Waals surface area contributed by atoms with Crippen molar-refractivity contribution in [2.45, 2.75) is 12.3 Å². The van der Waals surface area contributed by atoms with Crippen molar-refractivity contribution in [3.8, 4) is 0 Å². The average Bonchev–Trinajstić information content (AvgIpc) is 2.70. The van der Waals surface area contributed by atoms with Crippen molar-refractivity contribution in [2.24, 2.45) is 0 Å². The van der Waals surface area contributed by atoms with Crippen LogP contribution in [0.2, 0.25) is 0 Å². The molecule has 0 radical (unpaired) electrons. The smallest absolute Gasteiger partial charge is 0.355 e. The molecule has 1 aliphatic heterocycles. The van der Waals surface area contributed by atoms with Crippen molar-refractivity contribution in [3.63, 3.8) is 0 Å². The molecule has 0 aliphatic carbocycles. The zero-order chi connectivity index (χ0) is 11.1. The lowest BCUT2D eigenvalue weighted by molar-refractivity contribution is 0.0691. The van der Waals surface area contributed by atoms with E-state index in [0.717, 1.165) is 0 Å². The number of thiazole rings is 1. The van der Waals surface area contributed by atoms with Gasteiger partial charge in [-0.1, -0.05) is 0 Å². The van der Waals surface area contributed by atoms with Crippen molar-refractivity contribution < 1.29 is 18.3 Å². The standard InChI is InChI=1S/C8H9NO4S2/c10-8(11)6-3-14-7(9-6)5-1-2-15(12,13)4-5/h3,5H,1-2,4H2,(H,10,11). The van der Waals surface area contributed by atoms with Gasteiger partial charge in [0.25, 0.3) is 0 Å². The Morgan fingerprint density at radius 2 is 2.33 bits per heavy atom. The van der Waals surface area contributed by atoms with Crippen LogP contribution in [0.25, 0.3) is 0 Å². The molecule has 2 heterocycles. The lowest BCUT2D eigenvalue weighted by Crippen LogP contribution is -2.04. The summed E-state index contributed by atoms with van der Waals surface area (Å²) in [6.07, 6.45) is 0.551. The molecule has 5 nitrogen and oxygen atoms in total. The summed E-state index contributed by atoms with van der Waals surface area (Å²) in [4.78, 5) is 14.5. The van der Waals surface area contributed by atoms with Gasteiger partial charge in [-0.2, -0.15) is 0 Å². The molecule has 1 atom stereocenters. The van der Waals surface area contributed by atoms with E-state index in [-0.39, 0.29) is 23.1 Å². The van der Waals surface area contributed by atoms with Crippen molar-refractivity contribution in [1.29, 1.82) is 0 Å². The van der Waals surface area contributed by atoms with Crippen LogP contribution in [0.15, 0.2) is 5.38 Å². The van der Waals surface area contributed by atoms with Gasteiger partial charge in [-0.05, 0) is 6.42 Å². The second kappa shape index (κ2) is 3.57. The number of nitrogens with zero attached hydrogens (tertiary/aromatic N) is 1. The third-order valence-electron chi connectivity index (χ3n) is 2.32. The van der Waals surface area contributed by atoms with Crippen LogP contribution >= 0.6 is 11.3 Å². The minimum absolute atomic E-state index is 0.000650. The van der Waals surface area contributed by atoms with Gasteiger partial charge in [0.05, 0.1) is 16.5 Å². The molecule has 0 amide bonds. The van der Waals surface area contributed by atoms with E-state index in [2.05, 4.69) is 4.98 Å². The van der Waals surface area contributed by atoms with E-state index >= 15 is 0 Å². The molecule has 2 rings (SSSR count). The van der Waals surface area contributed by atoms with E-state index in [0.29, 0.717) is 11.4 Å². The van der Waals surface area contributed by atoms with Crippen LogP contribution in [0.4, 0.5) is 0 Å². The van der Waals surface area contributed by atoms with Gasteiger partial charge in [-0.3, -0.25) is 0 Å². The molecule has 0 spiro atoms. The third-order valence-corrected chi connectivity index (χ3v) is 5.10. The summed E-state index contributed by atoms with van der Waals surface area (Å²) in [6.45, 7) is 0. The molecule has 1 N–H and O–H groups in total. The topological polar surface area (TPSA) is 84.3 Å². The number of rotatable bonds is 2. The van der Waals surface area contributed by atoms with E-state index in [9.17, 15) is 13.2 Å². The molecule has 0 saturated carbocycles. The molecular weight excluding hydrogens is 238 g/mol. The van der Waals surface area contributed by atoms with Crippen molar-refractivity contribution in [3.05, 3.63) is 16.1 Å². The molecule has 1 fully saturated rings. The summed E-state index contributed by atoms with van der Waals surface area (Å²) < 4.78 is 22.4. The molecular formula is C8H9NO4S2. The largest absolute Gasteiger partial charge is 0.476 e. The Labute approximate surface area is 90.7 Å². The number of hydrogen-bond donors (Lipinski definition) is 1. The maximum Gasteiger partial charge on any atom is 0.355 e. The Bertz CT molecular complexity index is 490. The average molecular weight is 247 g/mol. The lowest BCUT2D eigenvalue weighted by Gasteiger charge is -2.00. The fourth-order valence-electron chi connectivity index (χ4n) is 1.56. The predicted molar refractivity (Wildman–Crippen MR) is 55.1 cm³/mol. The van der Waals surface area contributed by atoms with Crippen molar-refractivity contribution in [1.82, 2.24) is 4.98 Å². The molecule has 1 aromatic rings. The summed E-state index contributed by atoms with van der Waals surface area (Å²) in [5.74, 6) is -0.911. The molecule has 15 heavy (non-hydrogen) atoms. The molecule has 1 aromatic heterocycles. The number of aromatic carboxylic acids is 1. The second-order valence-corrected chi connectivity index (χ2v) is 6.59. The summed E-state index contributed by atoms with van der Waals surface area (Å²) in [5.41, 5.74) is -0.000650. The van der Waals surface area contributed by atoms with E-state index in [4.69, 9.17) is 5.11 Å². The summed E-state index contributed by atoms with van der Waals surface area (Å²) >= 11 is 1.22. The summed E-state index contributed by atoms with van der Waals surface area (Å²) in [7, 11) is -2.94. The first-order valence-electron chi connectivity index (χ1n) is 4.37. The number of sulfone groups is 1. The highest BCUT2D eigenvalue weighted by Crippen LogP contribution is 2.30. The molecule has 82 valence electrons. The van der Waals surface area contributed by atoms with Gasteiger partial charge >= 0.3 is 5.97 Å². The lowest BCUT2D eigenvalue weighted by atomic mass is 10.1. The van der Waals surface area contributed by atoms with E-state index in [1.165, 1.54) is 16.7 Å². The molecule has 1 unspecified atom stereocenters. The zero-order valence-electron chi connectivity index (χ0n) is 7.71. The Morgan fingerprint density at radius 3 is 2.80 bits per heavy atom.